The quantitative estimate of drug-likeness (QED) is 0.895. The molecule has 1 aromatic carbocycles. The Labute approximate surface area is 117 Å². The number of nitrogens with one attached hydrogen (secondary N) is 1. The van der Waals surface area contributed by atoms with Gasteiger partial charge in [0.05, 0.1) is 0 Å². The molecular formula is C16H16N2O2. The minimum absolute atomic E-state index is 0.0321. The molecule has 0 fully saturated rings. The van der Waals surface area contributed by atoms with Gasteiger partial charge in [0.2, 0.25) is 5.91 Å². The van der Waals surface area contributed by atoms with Crippen molar-refractivity contribution in [1.82, 2.24) is 0 Å². The van der Waals surface area contributed by atoms with Gasteiger partial charge in [-0.1, -0.05) is 24.3 Å². The molecule has 1 aliphatic heterocycles. The third-order valence-electron chi connectivity index (χ3n) is 3.34. The largest absolute Gasteiger partial charge is 0.482 e. The second-order valence-corrected chi connectivity index (χ2v) is 4.94. The number of carbonyl (C=O) groups is 1. The Morgan fingerprint density at radius 1 is 1.40 bits per heavy atom. The summed E-state index contributed by atoms with van der Waals surface area (Å²) in [4.78, 5) is 15.5. The Kier molecular flexibility index (Phi) is 3.37. The van der Waals surface area contributed by atoms with E-state index in [2.05, 4.69) is 22.5 Å². The lowest BCUT2D eigenvalue weighted by Crippen LogP contribution is -2.29. The molecule has 1 heterocycles. The molecule has 2 aliphatic rings. The minimum Gasteiger partial charge on any atom is -0.482 e. The van der Waals surface area contributed by atoms with Crippen molar-refractivity contribution in [3.05, 3.63) is 42.5 Å². The Hall–Kier alpha value is -2.36. The van der Waals surface area contributed by atoms with E-state index in [0.29, 0.717) is 5.92 Å². The molecule has 0 saturated carbocycles. The molecule has 1 aliphatic carbocycles. The molecule has 4 heteroatoms. The highest BCUT2D eigenvalue weighted by molar-refractivity contribution is 5.90. The van der Waals surface area contributed by atoms with Crippen molar-refractivity contribution in [2.45, 2.75) is 19.4 Å². The first kappa shape index (κ1) is 12.7. The van der Waals surface area contributed by atoms with Gasteiger partial charge in [0.15, 0.2) is 0 Å². The maximum atomic E-state index is 11.0. The van der Waals surface area contributed by atoms with E-state index in [1.54, 1.807) is 0 Å². The van der Waals surface area contributed by atoms with E-state index < -0.39 is 0 Å². The van der Waals surface area contributed by atoms with Gasteiger partial charge < -0.3 is 10.1 Å². The second-order valence-electron chi connectivity index (χ2n) is 4.94. The van der Waals surface area contributed by atoms with Crippen LogP contribution in [0.5, 0.6) is 5.75 Å². The van der Waals surface area contributed by atoms with Crippen LogP contribution in [0.3, 0.4) is 0 Å². The molecule has 1 amide bonds. The van der Waals surface area contributed by atoms with Crippen molar-refractivity contribution in [2.24, 2.45) is 10.9 Å². The SMILES string of the molecule is CC(=O)Nc1ccc2c(c1)N=CC(C1C=CC=CC1)O2. The van der Waals surface area contributed by atoms with Crippen LogP contribution >= 0.6 is 0 Å². The Morgan fingerprint density at radius 3 is 3.05 bits per heavy atom. The molecule has 0 spiro atoms. The third-order valence-corrected chi connectivity index (χ3v) is 3.34. The molecule has 2 unspecified atom stereocenters. The maximum Gasteiger partial charge on any atom is 0.221 e. The van der Waals surface area contributed by atoms with Gasteiger partial charge in [-0.15, -0.1) is 0 Å². The molecule has 2 atom stereocenters. The summed E-state index contributed by atoms with van der Waals surface area (Å²) < 4.78 is 5.98. The zero-order valence-electron chi connectivity index (χ0n) is 11.2. The summed E-state index contributed by atoms with van der Waals surface area (Å²) in [6.07, 6.45) is 11.1. The first-order valence-electron chi connectivity index (χ1n) is 6.68. The van der Waals surface area contributed by atoms with Crippen LogP contribution in [0, 0.1) is 5.92 Å². The number of benzene rings is 1. The Balaban J connectivity index is 1.78. The molecule has 0 aromatic heterocycles. The van der Waals surface area contributed by atoms with Gasteiger partial charge in [-0.3, -0.25) is 9.79 Å². The van der Waals surface area contributed by atoms with Crippen molar-refractivity contribution in [3.8, 4) is 5.75 Å². The summed E-state index contributed by atoms with van der Waals surface area (Å²) in [5.41, 5.74) is 1.48. The summed E-state index contributed by atoms with van der Waals surface area (Å²) in [6.45, 7) is 1.48. The van der Waals surface area contributed by atoms with E-state index >= 15 is 0 Å². The van der Waals surface area contributed by atoms with Crippen molar-refractivity contribution in [3.63, 3.8) is 0 Å². The first-order valence-corrected chi connectivity index (χ1v) is 6.68. The molecular weight excluding hydrogens is 252 g/mol. The van der Waals surface area contributed by atoms with Crippen LogP contribution in [-0.2, 0) is 4.79 Å². The number of fused-ring (bicyclic) bond motifs is 1. The van der Waals surface area contributed by atoms with Crippen LogP contribution in [-0.4, -0.2) is 18.2 Å². The highest BCUT2D eigenvalue weighted by Crippen LogP contribution is 2.35. The number of carbonyl (C=O) groups excluding carboxylic acids is 1. The summed E-state index contributed by atoms with van der Waals surface area (Å²) in [7, 11) is 0. The van der Waals surface area contributed by atoms with Crippen molar-refractivity contribution >= 4 is 23.5 Å². The molecule has 0 saturated heterocycles. The Morgan fingerprint density at radius 2 is 2.30 bits per heavy atom. The van der Waals surface area contributed by atoms with E-state index in [0.717, 1.165) is 23.5 Å². The van der Waals surface area contributed by atoms with Crippen LogP contribution in [0.15, 0.2) is 47.5 Å². The van der Waals surface area contributed by atoms with E-state index in [1.807, 2.05) is 36.6 Å². The van der Waals surface area contributed by atoms with Crippen LogP contribution in [0.2, 0.25) is 0 Å². The number of nitrogens with zero attached hydrogens (tertiary/aromatic N) is 1. The zero-order valence-corrected chi connectivity index (χ0v) is 11.2. The fraction of sp³-hybridized carbons (Fsp3) is 0.250. The van der Waals surface area contributed by atoms with Crippen molar-refractivity contribution < 1.29 is 9.53 Å². The molecule has 0 radical (unpaired) electrons. The highest BCUT2D eigenvalue weighted by atomic mass is 16.5. The predicted octanol–water partition coefficient (Wildman–Crippen LogP) is 3.24. The van der Waals surface area contributed by atoms with E-state index in [4.69, 9.17) is 4.74 Å². The maximum absolute atomic E-state index is 11.0. The highest BCUT2D eigenvalue weighted by Gasteiger charge is 2.23. The van der Waals surface area contributed by atoms with Crippen LogP contribution in [0.4, 0.5) is 11.4 Å². The number of hydrogen-bond donors (Lipinski definition) is 1. The van der Waals surface area contributed by atoms with Gasteiger partial charge in [-0.25, -0.2) is 0 Å². The molecule has 102 valence electrons. The summed E-state index contributed by atoms with van der Waals surface area (Å²) in [5.74, 6) is 0.990. The molecule has 1 N–H and O–H groups in total. The fourth-order valence-corrected chi connectivity index (χ4v) is 2.37. The fourth-order valence-electron chi connectivity index (χ4n) is 2.37. The summed E-state index contributed by atoms with van der Waals surface area (Å²) in [6, 6.07) is 5.50. The second kappa shape index (κ2) is 5.33. The number of allylic oxidation sites excluding steroid dienone is 3. The molecule has 0 bridgehead atoms. The van der Waals surface area contributed by atoms with Gasteiger partial charge >= 0.3 is 0 Å². The van der Waals surface area contributed by atoms with Gasteiger partial charge in [0.1, 0.15) is 17.5 Å². The molecule has 3 rings (SSSR count). The lowest BCUT2D eigenvalue weighted by molar-refractivity contribution is -0.114. The van der Waals surface area contributed by atoms with Crippen molar-refractivity contribution in [1.29, 1.82) is 0 Å². The molecule has 20 heavy (non-hydrogen) atoms. The number of ether oxygens (including phenoxy) is 1. The Bertz CT molecular complexity index is 617. The predicted molar refractivity (Wildman–Crippen MR) is 79.7 cm³/mol. The number of aliphatic imine (C=N–C) groups is 1. The molecule has 4 nitrogen and oxygen atoms in total. The number of hydrogen-bond acceptors (Lipinski definition) is 3. The van der Waals surface area contributed by atoms with Crippen molar-refractivity contribution in [2.75, 3.05) is 5.32 Å². The average Bonchev–Trinajstić information content (AvgIpc) is 2.47. The summed E-state index contributed by atoms with van der Waals surface area (Å²) >= 11 is 0. The minimum atomic E-state index is -0.0948. The third kappa shape index (κ3) is 2.64. The van der Waals surface area contributed by atoms with Crippen LogP contribution in [0.25, 0.3) is 0 Å². The summed E-state index contributed by atoms with van der Waals surface area (Å²) in [5, 5.41) is 2.74. The smallest absolute Gasteiger partial charge is 0.221 e. The monoisotopic (exact) mass is 268 g/mol. The zero-order chi connectivity index (χ0) is 13.9. The topological polar surface area (TPSA) is 50.7 Å². The van der Waals surface area contributed by atoms with Crippen LogP contribution < -0.4 is 10.1 Å². The van der Waals surface area contributed by atoms with E-state index in [1.165, 1.54) is 6.92 Å². The van der Waals surface area contributed by atoms with Crippen LogP contribution in [0.1, 0.15) is 13.3 Å². The average molecular weight is 268 g/mol. The van der Waals surface area contributed by atoms with Gasteiger partial charge in [-0.2, -0.15) is 0 Å². The van der Waals surface area contributed by atoms with Gasteiger partial charge in [-0.05, 0) is 24.6 Å². The lowest BCUT2D eigenvalue weighted by Gasteiger charge is -2.26. The number of amides is 1. The van der Waals surface area contributed by atoms with E-state index in [-0.39, 0.29) is 12.0 Å². The standard InChI is InChI=1S/C16H16N2O2/c1-11(19)18-13-7-8-15-14(9-13)17-10-16(20-15)12-5-3-2-4-6-12/h2-5,7-10,12,16H,6H2,1H3,(H,18,19). The first-order chi connectivity index (χ1) is 9.72. The van der Waals surface area contributed by atoms with Gasteiger partial charge in [0.25, 0.3) is 0 Å². The van der Waals surface area contributed by atoms with E-state index in [9.17, 15) is 4.79 Å². The lowest BCUT2D eigenvalue weighted by atomic mass is 9.95. The number of anilines is 1. The molecule has 1 aromatic rings. The number of rotatable bonds is 2. The normalized spacial score (nSPS) is 23.1. The van der Waals surface area contributed by atoms with Gasteiger partial charge in [0, 0.05) is 24.7 Å².